The number of rotatable bonds is 4. The van der Waals surface area contributed by atoms with E-state index in [-0.39, 0.29) is 29.7 Å². The molecule has 4 N–H and O–H groups in total. The predicted octanol–water partition coefficient (Wildman–Crippen LogP) is 2.61. The Bertz CT molecular complexity index is 1190. The van der Waals surface area contributed by atoms with Gasteiger partial charge in [-0.15, -0.1) is 0 Å². The summed E-state index contributed by atoms with van der Waals surface area (Å²) in [4.78, 5) is 23.4. The lowest BCUT2D eigenvalue weighted by Gasteiger charge is -2.06. The maximum atomic E-state index is 14.1. The number of nitrogens with one attached hydrogen (secondary N) is 1. The third-order valence-electron chi connectivity index (χ3n) is 4.06. The fourth-order valence-electron chi connectivity index (χ4n) is 2.80. The van der Waals surface area contributed by atoms with Gasteiger partial charge in [-0.1, -0.05) is 18.2 Å². The maximum absolute atomic E-state index is 14.1. The summed E-state index contributed by atoms with van der Waals surface area (Å²) in [5, 5.41) is 15.4. The van der Waals surface area contributed by atoms with Crippen molar-refractivity contribution in [3.63, 3.8) is 0 Å². The summed E-state index contributed by atoms with van der Waals surface area (Å²) in [5.41, 5.74) is 8.13. The van der Waals surface area contributed by atoms with E-state index in [9.17, 15) is 9.18 Å². The Morgan fingerprint density at radius 2 is 2.04 bits per heavy atom. The van der Waals surface area contributed by atoms with Crippen molar-refractivity contribution in [2.75, 3.05) is 11.1 Å². The second-order valence-electron chi connectivity index (χ2n) is 5.90. The Labute approximate surface area is 157 Å². The molecule has 10 heteroatoms. The van der Waals surface area contributed by atoms with E-state index in [1.165, 1.54) is 16.9 Å². The molecular formula is C18H14FN7O2. The number of hydrogen-bond donors (Lipinski definition) is 3. The monoisotopic (exact) mass is 379 g/mol. The molecule has 140 valence electrons. The van der Waals surface area contributed by atoms with Crippen LogP contribution >= 0.6 is 0 Å². The number of fused-ring (bicyclic) bond motifs is 1. The van der Waals surface area contributed by atoms with E-state index in [1.807, 2.05) is 0 Å². The second kappa shape index (κ2) is 6.91. The zero-order chi connectivity index (χ0) is 19.7. The molecule has 1 aromatic carbocycles. The molecule has 0 saturated heterocycles. The zero-order valence-electron chi connectivity index (χ0n) is 14.4. The summed E-state index contributed by atoms with van der Waals surface area (Å²) in [6, 6.07) is 9.96. The van der Waals surface area contributed by atoms with Gasteiger partial charge in [0.1, 0.15) is 17.0 Å². The first-order chi connectivity index (χ1) is 13.5. The van der Waals surface area contributed by atoms with Gasteiger partial charge in [0.25, 0.3) is 5.95 Å². The molecule has 3 heterocycles. The molecule has 0 aliphatic rings. The highest BCUT2D eigenvalue weighted by Crippen LogP contribution is 2.23. The van der Waals surface area contributed by atoms with Crippen LogP contribution in [0.4, 0.5) is 20.7 Å². The summed E-state index contributed by atoms with van der Waals surface area (Å²) < 4.78 is 15.5. The van der Waals surface area contributed by atoms with Gasteiger partial charge >= 0.3 is 6.09 Å². The number of anilines is 2. The molecule has 4 aromatic rings. The van der Waals surface area contributed by atoms with Crippen LogP contribution in [0.2, 0.25) is 0 Å². The number of pyridine rings is 1. The summed E-state index contributed by atoms with van der Waals surface area (Å²) in [7, 11) is 0. The minimum atomic E-state index is -1.27. The van der Waals surface area contributed by atoms with E-state index >= 15 is 0 Å². The third kappa shape index (κ3) is 3.18. The van der Waals surface area contributed by atoms with Crippen molar-refractivity contribution in [3.8, 4) is 5.95 Å². The van der Waals surface area contributed by atoms with Gasteiger partial charge in [-0.25, -0.2) is 14.2 Å². The SMILES string of the molecule is Nc1nc(-n2nc(Cc3ccccc3F)c3ncccc32)ncc1NC(=O)O. The van der Waals surface area contributed by atoms with E-state index in [0.29, 0.717) is 22.3 Å². The molecule has 0 aliphatic carbocycles. The molecule has 1 amide bonds. The lowest BCUT2D eigenvalue weighted by atomic mass is 10.1. The Kier molecular flexibility index (Phi) is 4.28. The smallest absolute Gasteiger partial charge is 0.409 e. The van der Waals surface area contributed by atoms with E-state index < -0.39 is 6.09 Å². The van der Waals surface area contributed by atoms with E-state index in [0.717, 1.165) is 0 Å². The van der Waals surface area contributed by atoms with Crippen molar-refractivity contribution < 1.29 is 14.3 Å². The lowest BCUT2D eigenvalue weighted by molar-refractivity contribution is 0.209. The first-order valence-electron chi connectivity index (χ1n) is 8.22. The van der Waals surface area contributed by atoms with E-state index in [1.54, 1.807) is 36.5 Å². The quantitative estimate of drug-likeness (QED) is 0.496. The van der Waals surface area contributed by atoms with Crippen LogP contribution in [-0.4, -0.2) is 35.9 Å². The zero-order valence-corrected chi connectivity index (χ0v) is 14.4. The van der Waals surface area contributed by atoms with Crippen LogP contribution in [0.5, 0.6) is 0 Å². The number of amides is 1. The first-order valence-corrected chi connectivity index (χ1v) is 8.22. The molecule has 0 aliphatic heterocycles. The van der Waals surface area contributed by atoms with E-state index in [2.05, 4.69) is 25.4 Å². The molecule has 9 nitrogen and oxygen atoms in total. The average Bonchev–Trinajstić information content (AvgIpc) is 3.04. The van der Waals surface area contributed by atoms with Crippen LogP contribution in [0.15, 0.2) is 48.8 Å². The summed E-state index contributed by atoms with van der Waals surface area (Å²) in [5.74, 6) is -0.229. The molecule has 0 spiro atoms. The summed E-state index contributed by atoms with van der Waals surface area (Å²) in [6.45, 7) is 0. The first kappa shape index (κ1) is 17.3. The highest BCUT2D eigenvalue weighted by molar-refractivity contribution is 5.86. The summed E-state index contributed by atoms with van der Waals surface area (Å²) in [6.07, 6.45) is 1.84. The normalized spacial score (nSPS) is 10.9. The number of nitrogens with zero attached hydrogens (tertiary/aromatic N) is 5. The minimum Gasteiger partial charge on any atom is -0.465 e. The van der Waals surface area contributed by atoms with Gasteiger partial charge in [-0.2, -0.15) is 14.8 Å². The molecule has 4 rings (SSSR count). The highest BCUT2D eigenvalue weighted by Gasteiger charge is 2.17. The number of halogens is 1. The van der Waals surface area contributed by atoms with Crippen molar-refractivity contribution in [2.24, 2.45) is 0 Å². The van der Waals surface area contributed by atoms with Crippen LogP contribution in [0.1, 0.15) is 11.3 Å². The van der Waals surface area contributed by atoms with Crippen LogP contribution < -0.4 is 11.1 Å². The molecular weight excluding hydrogens is 365 g/mol. The highest BCUT2D eigenvalue weighted by atomic mass is 19.1. The van der Waals surface area contributed by atoms with Crippen molar-refractivity contribution in [1.29, 1.82) is 0 Å². The molecule has 0 atom stereocenters. The van der Waals surface area contributed by atoms with Crippen LogP contribution in [0.3, 0.4) is 0 Å². The van der Waals surface area contributed by atoms with Crippen molar-refractivity contribution >= 4 is 28.6 Å². The molecule has 28 heavy (non-hydrogen) atoms. The van der Waals surface area contributed by atoms with Gasteiger partial charge in [0.15, 0.2) is 5.82 Å². The maximum Gasteiger partial charge on any atom is 0.409 e. The number of carboxylic acid groups (broad SMARTS) is 1. The van der Waals surface area contributed by atoms with Gasteiger partial charge < -0.3 is 10.8 Å². The van der Waals surface area contributed by atoms with Crippen LogP contribution in [-0.2, 0) is 6.42 Å². The number of carbonyl (C=O) groups is 1. The minimum absolute atomic E-state index is 0.0457. The Hall–Kier alpha value is -4.08. The van der Waals surface area contributed by atoms with Crippen LogP contribution in [0, 0.1) is 5.82 Å². The van der Waals surface area contributed by atoms with Crippen molar-refractivity contribution in [3.05, 3.63) is 65.9 Å². The largest absolute Gasteiger partial charge is 0.465 e. The molecule has 3 aromatic heterocycles. The number of nitrogen functional groups attached to an aromatic ring is 1. The van der Waals surface area contributed by atoms with E-state index in [4.69, 9.17) is 10.8 Å². The Morgan fingerprint density at radius 1 is 1.21 bits per heavy atom. The molecule has 0 bridgehead atoms. The molecule has 0 radical (unpaired) electrons. The summed E-state index contributed by atoms with van der Waals surface area (Å²) >= 11 is 0. The lowest BCUT2D eigenvalue weighted by Crippen LogP contribution is -2.13. The molecule has 0 saturated carbocycles. The number of hydrogen-bond acceptors (Lipinski definition) is 6. The number of aromatic nitrogens is 5. The number of benzene rings is 1. The van der Waals surface area contributed by atoms with Gasteiger partial charge in [-0.05, 0) is 23.8 Å². The van der Waals surface area contributed by atoms with Gasteiger partial charge in [-0.3, -0.25) is 10.3 Å². The standard InChI is InChI=1S/C18H14FN7O2/c19-11-5-2-1-4-10(11)8-12-15-14(6-3-7-21-15)26(25-12)17-22-9-13(16(20)24-17)23-18(27)28/h1-7,9,23H,8H2,(H,27,28)(H2,20,22,24). The second-order valence-corrected chi connectivity index (χ2v) is 5.90. The topological polar surface area (TPSA) is 132 Å². The van der Waals surface area contributed by atoms with Crippen molar-refractivity contribution in [2.45, 2.75) is 6.42 Å². The number of nitrogens with two attached hydrogens (primary N) is 1. The predicted molar refractivity (Wildman–Crippen MR) is 99.7 cm³/mol. The fraction of sp³-hybridized carbons (Fsp3) is 0.0556. The Morgan fingerprint density at radius 3 is 2.79 bits per heavy atom. The van der Waals surface area contributed by atoms with Gasteiger partial charge in [0.05, 0.1) is 17.4 Å². The van der Waals surface area contributed by atoms with Gasteiger partial charge in [0.2, 0.25) is 0 Å². The van der Waals surface area contributed by atoms with Crippen LogP contribution in [0.25, 0.3) is 17.0 Å². The molecule has 0 fully saturated rings. The van der Waals surface area contributed by atoms with Crippen molar-refractivity contribution in [1.82, 2.24) is 24.7 Å². The fourth-order valence-corrected chi connectivity index (χ4v) is 2.80. The Balaban J connectivity index is 1.79. The average molecular weight is 379 g/mol. The van der Waals surface area contributed by atoms with Gasteiger partial charge in [0, 0.05) is 12.6 Å². The molecule has 0 unspecified atom stereocenters. The third-order valence-corrected chi connectivity index (χ3v) is 4.06.